The molecule has 0 radical (unpaired) electrons. The summed E-state index contributed by atoms with van der Waals surface area (Å²) in [6, 6.07) is 19.9. The molecule has 1 amide bonds. The Morgan fingerprint density at radius 2 is 1.66 bits per heavy atom. The van der Waals surface area contributed by atoms with Crippen LogP contribution in [0.25, 0.3) is 0 Å². The van der Waals surface area contributed by atoms with E-state index >= 15 is 0 Å². The van der Waals surface area contributed by atoms with E-state index in [4.69, 9.17) is 0 Å². The molecule has 29 heavy (non-hydrogen) atoms. The quantitative estimate of drug-likeness (QED) is 0.706. The number of amides is 1. The molecule has 2 aliphatic heterocycles. The SMILES string of the molecule is O=C(CCCc1ccccc1)N=C1S[C@H]2CS(=O)(=O)C[C@@H]2N1Cc1ccccc1. The van der Waals surface area contributed by atoms with Crippen LogP contribution in [0.4, 0.5) is 0 Å². The van der Waals surface area contributed by atoms with Crippen LogP contribution in [0.1, 0.15) is 24.0 Å². The molecule has 2 aliphatic rings. The van der Waals surface area contributed by atoms with Crippen LogP contribution in [0.15, 0.2) is 65.7 Å². The van der Waals surface area contributed by atoms with Gasteiger partial charge in [0.15, 0.2) is 15.0 Å². The minimum atomic E-state index is -3.03. The number of thioether (sulfide) groups is 1. The summed E-state index contributed by atoms with van der Waals surface area (Å²) in [6.07, 6.45) is 2.00. The van der Waals surface area contributed by atoms with Crippen molar-refractivity contribution in [2.75, 3.05) is 11.5 Å². The standard InChI is InChI=1S/C22H24N2O3S2/c25-21(13-7-12-17-8-3-1-4-9-17)23-22-24(14-18-10-5-2-6-11-18)19-15-29(26,27)16-20(19)28-22/h1-6,8-11,19-20H,7,12-16H2/t19-,20-/m0/s1. The first kappa shape index (κ1) is 20.2. The number of sulfone groups is 1. The number of carbonyl (C=O) groups excluding carboxylic acids is 1. The Morgan fingerprint density at radius 1 is 1.00 bits per heavy atom. The molecule has 7 heteroatoms. The first-order valence-electron chi connectivity index (χ1n) is 9.83. The van der Waals surface area contributed by atoms with E-state index in [0.29, 0.717) is 18.1 Å². The van der Waals surface area contributed by atoms with Crippen molar-refractivity contribution in [2.45, 2.75) is 37.1 Å². The first-order chi connectivity index (χ1) is 14.0. The third-order valence-corrected chi connectivity index (χ3v) is 8.54. The maximum Gasteiger partial charge on any atom is 0.248 e. The van der Waals surface area contributed by atoms with E-state index in [1.54, 1.807) is 0 Å². The van der Waals surface area contributed by atoms with Gasteiger partial charge in [-0.15, -0.1) is 0 Å². The minimum Gasteiger partial charge on any atom is -0.342 e. The molecule has 0 saturated carbocycles. The maximum absolute atomic E-state index is 12.5. The number of amidine groups is 1. The number of fused-ring (bicyclic) bond motifs is 1. The second kappa shape index (κ2) is 8.71. The van der Waals surface area contributed by atoms with Gasteiger partial charge in [-0.1, -0.05) is 72.4 Å². The molecule has 2 aromatic rings. The van der Waals surface area contributed by atoms with E-state index in [2.05, 4.69) is 17.1 Å². The number of aryl methyl sites for hydroxylation is 1. The molecule has 2 heterocycles. The number of carbonyl (C=O) groups is 1. The molecule has 2 aromatic carbocycles. The number of nitrogens with zero attached hydrogens (tertiary/aromatic N) is 2. The second-order valence-electron chi connectivity index (χ2n) is 7.54. The second-order valence-corrected chi connectivity index (χ2v) is 10.9. The summed E-state index contributed by atoms with van der Waals surface area (Å²) in [5.41, 5.74) is 2.30. The highest BCUT2D eigenvalue weighted by Crippen LogP contribution is 2.39. The van der Waals surface area contributed by atoms with Crippen molar-refractivity contribution >= 4 is 32.7 Å². The van der Waals surface area contributed by atoms with E-state index in [1.807, 2.05) is 53.4 Å². The van der Waals surface area contributed by atoms with E-state index in [1.165, 1.54) is 17.3 Å². The maximum atomic E-state index is 12.5. The minimum absolute atomic E-state index is 0.0421. The van der Waals surface area contributed by atoms with Crippen molar-refractivity contribution in [1.82, 2.24) is 4.90 Å². The molecule has 2 saturated heterocycles. The highest BCUT2D eigenvalue weighted by molar-refractivity contribution is 8.15. The smallest absolute Gasteiger partial charge is 0.248 e. The van der Waals surface area contributed by atoms with Crippen LogP contribution in [-0.2, 0) is 27.6 Å². The molecule has 2 atom stereocenters. The number of rotatable bonds is 6. The fourth-order valence-corrected chi connectivity index (χ4v) is 7.82. The third kappa shape index (κ3) is 5.08. The molecule has 4 rings (SSSR count). The first-order valence-corrected chi connectivity index (χ1v) is 12.5. The zero-order valence-electron chi connectivity index (χ0n) is 16.1. The van der Waals surface area contributed by atoms with Crippen molar-refractivity contribution in [3.05, 3.63) is 71.8 Å². The summed E-state index contributed by atoms with van der Waals surface area (Å²) in [6.45, 7) is 0.570. The molecule has 0 bridgehead atoms. The van der Waals surface area contributed by atoms with E-state index in [-0.39, 0.29) is 28.7 Å². The fourth-order valence-electron chi connectivity index (χ4n) is 3.85. The largest absolute Gasteiger partial charge is 0.342 e. The van der Waals surface area contributed by atoms with Gasteiger partial charge in [-0.25, -0.2) is 8.42 Å². The third-order valence-electron chi connectivity index (χ3n) is 5.29. The molecule has 5 nitrogen and oxygen atoms in total. The Bertz CT molecular complexity index is 991. The van der Waals surface area contributed by atoms with Gasteiger partial charge in [-0.05, 0) is 24.0 Å². The zero-order chi connectivity index (χ0) is 20.3. The van der Waals surface area contributed by atoms with Crippen molar-refractivity contribution in [2.24, 2.45) is 4.99 Å². The predicted octanol–water partition coefficient (Wildman–Crippen LogP) is 3.31. The molecule has 2 fully saturated rings. The van der Waals surface area contributed by atoms with Gasteiger partial charge in [0.05, 0.1) is 17.5 Å². The highest BCUT2D eigenvalue weighted by Gasteiger charge is 2.48. The average molecular weight is 429 g/mol. The molecule has 0 N–H and O–H groups in total. The van der Waals surface area contributed by atoms with Gasteiger partial charge in [0.1, 0.15) is 0 Å². The molecular weight excluding hydrogens is 404 g/mol. The van der Waals surface area contributed by atoms with Crippen molar-refractivity contribution in [3.8, 4) is 0 Å². The number of hydrogen-bond acceptors (Lipinski definition) is 4. The predicted molar refractivity (Wildman–Crippen MR) is 118 cm³/mol. The summed E-state index contributed by atoms with van der Waals surface area (Å²) in [5.74, 6) is 0.164. The number of benzene rings is 2. The highest BCUT2D eigenvalue weighted by atomic mass is 32.2. The van der Waals surface area contributed by atoms with Gasteiger partial charge in [-0.3, -0.25) is 4.79 Å². The summed E-state index contributed by atoms with van der Waals surface area (Å²) < 4.78 is 24.2. The fraction of sp³-hybridized carbons (Fsp3) is 0.364. The molecule has 152 valence electrons. The molecular formula is C22H24N2O3S2. The molecule has 0 aliphatic carbocycles. The van der Waals surface area contributed by atoms with Gasteiger partial charge in [0, 0.05) is 18.2 Å². The lowest BCUT2D eigenvalue weighted by Gasteiger charge is -2.24. The van der Waals surface area contributed by atoms with E-state index in [9.17, 15) is 13.2 Å². The summed E-state index contributed by atoms with van der Waals surface area (Å²) >= 11 is 1.44. The van der Waals surface area contributed by atoms with Crippen LogP contribution in [-0.4, -0.2) is 47.2 Å². The van der Waals surface area contributed by atoms with E-state index in [0.717, 1.165) is 18.4 Å². The van der Waals surface area contributed by atoms with Gasteiger partial charge in [-0.2, -0.15) is 4.99 Å². The van der Waals surface area contributed by atoms with Crippen molar-refractivity contribution in [1.29, 1.82) is 0 Å². The summed E-state index contributed by atoms with van der Waals surface area (Å²) in [4.78, 5) is 18.9. The van der Waals surface area contributed by atoms with Gasteiger partial charge < -0.3 is 4.90 Å². The van der Waals surface area contributed by atoms with Crippen LogP contribution < -0.4 is 0 Å². The van der Waals surface area contributed by atoms with Gasteiger partial charge >= 0.3 is 0 Å². The monoisotopic (exact) mass is 428 g/mol. The summed E-state index contributed by atoms with van der Waals surface area (Å²) in [7, 11) is -3.03. The Hall–Kier alpha value is -2.12. The van der Waals surface area contributed by atoms with Crippen LogP contribution in [0.2, 0.25) is 0 Å². The zero-order valence-corrected chi connectivity index (χ0v) is 17.7. The molecule has 0 unspecified atom stereocenters. The Kier molecular flexibility index (Phi) is 6.06. The van der Waals surface area contributed by atoms with Crippen molar-refractivity contribution < 1.29 is 13.2 Å². The molecule has 0 spiro atoms. The average Bonchev–Trinajstić information content (AvgIpc) is 3.15. The topological polar surface area (TPSA) is 66.8 Å². The normalized spacial score (nSPS) is 24.0. The lowest BCUT2D eigenvalue weighted by Crippen LogP contribution is -2.37. The summed E-state index contributed by atoms with van der Waals surface area (Å²) in [5, 5.41) is 0.628. The Labute approximate surface area is 176 Å². The number of aliphatic imine (C=N–C) groups is 1. The van der Waals surface area contributed by atoms with Gasteiger partial charge in [0.2, 0.25) is 5.91 Å². The van der Waals surface area contributed by atoms with Crippen LogP contribution in [0, 0.1) is 0 Å². The van der Waals surface area contributed by atoms with Crippen LogP contribution in [0.5, 0.6) is 0 Å². The lowest BCUT2D eigenvalue weighted by atomic mass is 10.1. The van der Waals surface area contributed by atoms with Crippen LogP contribution >= 0.6 is 11.8 Å². The van der Waals surface area contributed by atoms with Crippen LogP contribution in [0.3, 0.4) is 0 Å². The lowest BCUT2D eigenvalue weighted by molar-refractivity contribution is -0.117. The van der Waals surface area contributed by atoms with E-state index < -0.39 is 9.84 Å². The van der Waals surface area contributed by atoms with Gasteiger partial charge in [0.25, 0.3) is 0 Å². The number of hydrogen-bond donors (Lipinski definition) is 0. The Balaban J connectivity index is 1.44. The molecule has 0 aromatic heterocycles. The Morgan fingerprint density at radius 3 is 2.34 bits per heavy atom. The van der Waals surface area contributed by atoms with Crippen molar-refractivity contribution in [3.63, 3.8) is 0 Å².